The van der Waals surface area contributed by atoms with E-state index in [0.29, 0.717) is 48.4 Å². The summed E-state index contributed by atoms with van der Waals surface area (Å²) in [6, 6.07) is 9.57. The summed E-state index contributed by atoms with van der Waals surface area (Å²) in [6.45, 7) is 1.66. The number of urea groups is 1. The molecule has 0 spiro atoms. The first kappa shape index (κ1) is 21.5. The number of amides is 2. The quantitative estimate of drug-likeness (QED) is 0.337. The number of carbonyl (C=O) groups excluding carboxylic acids is 1. The molecule has 0 saturated heterocycles. The van der Waals surface area contributed by atoms with Crippen LogP contribution in [0.3, 0.4) is 0 Å². The van der Waals surface area contributed by atoms with Crippen LogP contribution in [-0.2, 0) is 0 Å². The summed E-state index contributed by atoms with van der Waals surface area (Å²) in [5.74, 6) is 0.385. The van der Waals surface area contributed by atoms with Crippen molar-refractivity contribution >= 4 is 64.3 Å². The maximum atomic E-state index is 12.6. The van der Waals surface area contributed by atoms with E-state index in [4.69, 9.17) is 50.9 Å². The number of carbonyl (C=O) groups is 1. The number of hydrogen-bond acceptors (Lipinski definition) is 4. The van der Waals surface area contributed by atoms with E-state index < -0.39 is 6.03 Å². The molecule has 1 N–H and O–H groups in total. The molecule has 0 saturated carbocycles. The predicted octanol–water partition coefficient (Wildman–Crippen LogP) is 6.76. The lowest BCUT2D eigenvalue weighted by Crippen LogP contribution is -2.27. The highest BCUT2D eigenvalue weighted by Crippen LogP contribution is 2.39. The van der Waals surface area contributed by atoms with Crippen LogP contribution in [0, 0.1) is 6.92 Å². The highest BCUT2D eigenvalue weighted by atomic mass is 35.5. The average Bonchev–Trinajstić information content (AvgIpc) is 3.01. The summed E-state index contributed by atoms with van der Waals surface area (Å²) in [7, 11) is 1.47. The monoisotopic (exact) mass is 470 g/mol. The van der Waals surface area contributed by atoms with Gasteiger partial charge >= 0.3 is 6.03 Å². The van der Waals surface area contributed by atoms with Gasteiger partial charge < -0.3 is 9.84 Å². The molecule has 1 heterocycles. The summed E-state index contributed by atoms with van der Waals surface area (Å²) in [5, 5.41) is 13.5. The highest BCUT2D eigenvalue weighted by molar-refractivity contribution is 6.39. The van der Waals surface area contributed by atoms with E-state index in [0.717, 1.165) is 5.01 Å². The van der Waals surface area contributed by atoms with Gasteiger partial charge in [-0.1, -0.05) is 63.7 Å². The van der Waals surface area contributed by atoms with Crippen LogP contribution in [0.2, 0.25) is 20.1 Å². The number of nitrogens with zero attached hydrogens (tertiary/aromatic N) is 3. The zero-order valence-electron chi connectivity index (χ0n) is 15.2. The molecule has 150 valence electrons. The van der Waals surface area contributed by atoms with E-state index in [1.807, 2.05) is 0 Å². The van der Waals surface area contributed by atoms with Gasteiger partial charge in [-0.15, -0.1) is 0 Å². The molecule has 0 fully saturated rings. The lowest BCUT2D eigenvalue weighted by atomic mass is 10.1. The number of nitrogens with one attached hydrogen (secondary N) is 1. The third-order valence-corrected chi connectivity index (χ3v) is 5.24. The van der Waals surface area contributed by atoms with Gasteiger partial charge in [0.1, 0.15) is 11.4 Å². The topological polar surface area (TPSA) is 70.7 Å². The average molecular weight is 472 g/mol. The second-order valence-electron chi connectivity index (χ2n) is 5.89. The Balaban J connectivity index is 1.85. The number of aryl methyl sites for hydroxylation is 1. The van der Waals surface area contributed by atoms with Gasteiger partial charge in [-0.2, -0.15) is 5.10 Å². The lowest BCUT2D eigenvalue weighted by Gasteiger charge is -2.13. The molecule has 0 aliphatic rings. The molecule has 3 aromatic rings. The number of hydrogen-bond donors (Lipinski definition) is 1. The molecular weight excluding hydrogens is 458 g/mol. The molecule has 2 aromatic carbocycles. The van der Waals surface area contributed by atoms with E-state index in [9.17, 15) is 4.79 Å². The maximum Gasteiger partial charge on any atom is 0.342 e. The summed E-state index contributed by atoms with van der Waals surface area (Å²) in [6.07, 6.45) is 1.40. The fourth-order valence-corrected chi connectivity index (χ4v) is 3.50. The minimum absolute atomic E-state index is 0.318. The molecule has 3 rings (SSSR count). The van der Waals surface area contributed by atoms with Crippen LogP contribution < -0.4 is 5.32 Å². The van der Waals surface area contributed by atoms with Crippen molar-refractivity contribution < 1.29 is 9.32 Å². The summed E-state index contributed by atoms with van der Waals surface area (Å²) >= 11 is 24.7. The zero-order chi connectivity index (χ0) is 21.1. The van der Waals surface area contributed by atoms with Crippen LogP contribution in [-0.4, -0.2) is 29.5 Å². The van der Waals surface area contributed by atoms with E-state index in [-0.39, 0.29) is 0 Å². The molecule has 6 nitrogen and oxygen atoms in total. The van der Waals surface area contributed by atoms with Crippen molar-refractivity contribution in [2.75, 3.05) is 12.4 Å². The molecule has 29 heavy (non-hydrogen) atoms. The van der Waals surface area contributed by atoms with Crippen LogP contribution in [0.1, 0.15) is 11.3 Å². The summed E-state index contributed by atoms with van der Waals surface area (Å²) in [5.41, 5.74) is 1.61. The number of anilines is 1. The smallest absolute Gasteiger partial charge is 0.342 e. The number of rotatable bonds is 4. The van der Waals surface area contributed by atoms with E-state index in [1.54, 1.807) is 43.3 Å². The third kappa shape index (κ3) is 4.67. The Morgan fingerprint density at radius 2 is 1.62 bits per heavy atom. The van der Waals surface area contributed by atoms with Gasteiger partial charge in [-0.3, -0.25) is 0 Å². The third-order valence-electron chi connectivity index (χ3n) is 3.95. The molecule has 2 amide bonds. The number of aromatic nitrogens is 1. The Labute approximate surface area is 187 Å². The normalized spacial score (nSPS) is 11.1. The van der Waals surface area contributed by atoms with E-state index >= 15 is 0 Å². The van der Waals surface area contributed by atoms with Crippen LogP contribution >= 0.6 is 46.4 Å². The summed E-state index contributed by atoms with van der Waals surface area (Å²) < 4.78 is 5.23. The number of halogens is 4. The van der Waals surface area contributed by atoms with Gasteiger partial charge in [-0.25, -0.2) is 9.80 Å². The molecule has 0 unspecified atom stereocenters. The molecular formula is C19H14Cl4N4O2. The molecule has 1 aromatic heterocycles. The fraction of sp³-hybridized carbons (Fsp3) is 0.105. The van der Waals surface area contributed by atoms with Crippen LogP contribution in [0.25, 0.3) is 11.3 Å². The Morgan fingerprint density at radius 3 is 2.21 bits per heavy atom. The van der Waals surface area contributed by atoms with Crippen LogP contribution in [0.4, 0.5) is 10.5 Å². The minimum Gasteiger partial charge on any atom is -0.359 e. The summed E-state index contributed by atoms with van der Waals surface area (Å²) in [4.78, 5) is 12.6. The number of hydrazone groups is 1. The van der Waals surface area contributed by atoms with Crippen molar-refractivity contribution in [1.29, 1.82) is 0 Å². The molecule has 0 bridgehead atoms. The zero-order valence-corrected chi connectivity index (χ0v) is 18.2. The van der Waals surface area contributed by atoms with Gasteiger partial charge in [0.05, 0.1) is 26.3 Å². The number of benzene rings is 2. The maximum absolute atomic E-state index is 12.6. The molecule has 0 atom stereocenters. The SMILES string of the molecule is Cc1onc(-c2c(Cl)cccc2Cl)c1NC(=O)N(C)/N=C/c1c(Cl)cccc1Cl. The van der Waals surface area contributed by atoms with Crippen molar-refractivity contribution in [2.24, 2.45) is 5.10 Å². The van der Waals surface area contributed by atoms with Crippen molar-refractivity contribution in [3.05, 3.63) is 67.8 Å². The van der Waals surface area contributed by atoms with Gasteiger partial charge in [0.25, 0.3) is 0 Å². The molecule has 0 aliphatic carbocycles. The van der Waals surface area contributed by atoms with Crippen molar-refractivity contribution in [3.63, 3.8) is 0 Å². The Morgan fingerprint density at radius 1 is 1.07 bits per heavy atom. The van der Waals surface area contributed by atoms with E-state index in [1.165, 1.54) is 13.3 Å². The molecule has 0 radical (unpaired) electrons. The first-order valence-electron chi connectivity index (χ1n) is 8.23. The first-order chi connectivity index (χ1) is 13.8. The first-order valence-corrected chi connectivity index (χ1v) is 9.74. The van der Waals surface area contributed by atoms with Crippen LogP contribution in [0.15, 0.2) is 46.0 Å². The van der Waals surface area contributed by atoms with Gasteiger partial charge in [0.15, 0.2) is 5.76 Å². The molecule has 10 heteroatoms. The predicted molar refractivity (Wildman–Crippen MR) is 118 cm³/mol. The van der Waals surface area contributed by atoms with Crippen LogP contribution in [0.5, 0.6) is 0 Å². The Hall–Kier alpha value is -2.25. The lowest BCUT2D eigenvalue weighted by molar-refractivity contribution is 0.224. The van der Waals surface area contributed by atoms with Gasteiger partial charge in [0, 0.05) is 18.2 Å². The van der Waals surface area contributed by atoms with Gasteiger partial charge in [0.2, 0.25) is 0 Å². The standard InChI is InChI=1S/C19H14Cl4N4O2/c1-10-17(18(26-29-10)16-14(22)7-4-8-15(16)23)25-19(28)27(2)24-9-11-12(20)5-3-6-13(11)21/h3-9H,1-2H3,(H,25,28)/b24-9+. The second-order valence-corrected chi connectivity index (χ2v) is 7.52. The van der Waals surface area contributed by atoms with Crippen molar-refractivity contribution in [1.82, 2.24) is 10.2 Å². The Kier molecular flexibility index (Phi) is 6.70. The fourth-order valence-electron chi connectivity index (χ4n) is 2.43. The van der Waals surface area contributed by atoms with Crippen molar-refractivity contribution in [3.8, 4) is 11.3 Å². The Bertz CT molecular complexity index is 1060. The van der Waals surface area contributed by atoms with Crippen molar-refractivity contribution in [2.45, 2.75) is 6.92 Å². The van der Waals surface area contributed by atoms with E-state index in [2.05, 4.69) is 15.6 Å². The minimum atomic E-state index is -0.542. The largest absolute Gasteiger partial charge is 0.359 e. The van der Waals surface area contributed by atoms with Gasteiger partial charge in [-0.05, 0) is 31.2 Å². The molecule has 0 aliphatic heterocycles. The highest BCUT2D eigenvalue weighted by Gasteiger charge is 2.22. The second kappa shape index (κ2) is 9.05.